The van der Waals surface area contributed by atoms with E-state index in [2.05, 4.69) is 0 Å². The van der Waals surface area contributed by atoms with Gasteiger partial charge < -0.3 is 14.4 Å². The number of hydrogen-bond donors (Lipinski definition) is 0. The van der Waals surface area contributed by atoms with Gasteiger partial charge in [0.25, 0.3) is 0 Å². The van der Waals surface area contributed by atoms with Crippen LogP contribution in [-0.4, -0.2) is 37.2 Å². The van der Waals surface area contributed by atoms with Crippen molar-refractivity contribution >= 4 is 5.91 Å². The zero-order valence-corrected chi connectivity index (χ0v) is 10.0. The fourth-order valence-corrected chi connectivity index (χ4v) is 1.82. The van der Waals surface area contributed by atoms with Crippen LogP contribution in [0.15, 0.2) is 24.3 Å². The van der Waals surface area contributed by atoms with Gasteiger partial charge in [0.15, 0.2) is 0 Å². The van der Waals surface area contributed by atoms with Gasteiger partial charge in [-0.15, -0.1) is 0 Å². The summed E-state index contributed by atoms with van der Waals surface area (Å²) >= 11 is 0. The Balaban J connectivity index is 2.05. The second kappa shape index (κ2) is 5.68. The Hall–Kier alpha value is -1.55. The molecule has 0 aliphatic carbocycles. The first-order valence-electron chi connectivity index (χ1n) is 5.87. The van der Waals surface area contributed by atoms with Crippen LogP contribution in [0.5, 0.6) is 5.75 Å². The maximum atomic E-state index is 11.9. The number of hydrogen-bond acceptors (Lipinski definition) is 3. The van der Waals surface area contributed by atoms with Crippen molar-refractivity contribution in [3.05, 3.63) is 29.8 Å². The van der Waals surface area contributed by atoms with Crippen LogP contribution in [-0.2, 0) is 16.1 Å². The summed E-state index contributed by atoms with van der Waals surface area (Å²) < 4.78 is 10.7. The summed E-state index contributed by atoms with van der Waals surface area (Å²) in [6.45, 7) is 4.34. The number of rotatable bonds is 3. The van der Waals surface area contributed by atoms with Crippen molar-refractivity contribution in [2.75, 3.05) is 26.4 Å². The summed E-state index contributed by atoms with van der Waals surface area (Å²) in [5.74, 6) is 0.895. The summed E-state index contributed by atoms with van der Waals surface area (Å²) in [6.07, 6.45) is 0. The van der Waals surface area contributed by atoms with Crippen LogP contribution >= 0.6 is 0 Å². The predicted molar refractivity (Wildman–Crippen MR) is 63.8 cm³/mol. The van der Waals surface area contributed by atoms with Crippen molar-refractivity contribution in [2.24, 2.45) is 0 Å². The topological polar surface area (TPSA) is 38.8 Å². The lowest BCUT2D eigenvalue weighted by Crippen LogP contribution is -2.35. The number of carbonyl (C=O) groups excluding carboxylic acids is 1. The molecular formula is C13H17NO3. The molecular weight excluding hydrogens is 218 g/mol. The first kappa shape index (κ1) is 11.9. The molecule has 1 aromatic carbocycles. The number of nitrogens with zero attached hydrogens (tertiary/aromatic N) is 1. The normalized spacial score (nSPS) is 14.8. The van der Waals surface area contributed by atoms with E-state index < -0.39 is 0 Å². The van der Waals surface area contributed by atoms with E-state index in [0.717, 1.165) is 11.3 Å². The molecule has 17 heavy (non-hydrogen) atoms. The average Bonchev–Trinajstić information content (AvgIpc) is 2.58. The van der Waals surface area contributed by atoms with Crippen LogP contribution in [0, 0.1) is 0 Å². The standard InChI is InChI=1S/C13H17NO3/c1-2-16-10-13(15)14-7-8-17-12-6-4-3-5-11(12)9-14/h3-6H,2,7-10H2,1H3. The van der Waals surface area contributed by atoms with E-state index in [9.17, 15) is 4.79 Å². The Morgan fingerprint density at radius 2 is 2.29 bits per heavy atom. The molecule has 0 unspecified atom stereocenters. The Bertz CT molecular complexity index is 392. The Kier molecular flexibility index (Phi) is 3.98. The van der Waals surface area contributed by atoms with E-state index in [1.807, 2.05) is 31.2 Å². The number of fused-ring (bicyclic) bond motifs is 1. The minimum absolute atomic E-state index is 0.0205. The van der Waals surface area contributed by atoms with Crippen LogP contribution in [0.4, 0.5) is 0 Å². The SMILES string of the molecule is CCOCC(=O)N1CCOc2ccccc2C1. The molecule has 1 aliphatic rings. The molecule has 0 saturated heterocycles. The molecule has 4 heteroatoms. The lowest BCUT2D eigenvalue weighted by molar-refractivity contribution is -0.136. The molecule has 0 atom stereocenters. The zero-order chi connectivity index (χ0) is 12.1. The lowest BCUT2D eigenvalue weighted by atomic mass is 10.2. The smallest absolute Gasteiger partial charge is 0.248 e. The summed E-state index contributed by atoms with van der Waals surface area (Å²) in [5, 5.41) is 0. The van der Waals surface area contributed by atoms with Gasteiger partial charge in [-0.1, -0.05) is 18.2 Å². The molecule has 0 spiro atoms. The fourth-order valence-electron chi connectivity index (χ4n) is 1.82. The summed E-state index contributed by atoms with van der Waals surface area (Å²) in [7, 11) is 0. The third kappa shape index (κ3) is 2.97. The first-order chi connectivity index (χ1) is 8.31. The molecule has 92 valence electrons. The van der Waals surface area contributed by atoms with Gasteiger partial charge in [0.2, 0.25) is 5.91 Å². The van der Waals surface area contributed by atoms with Gasteiger partial charge in [0.1, 0.15) is 19.0 Å². The van der Waals surface area contributed by atoms with Crippen molar-refractivity contribution in [1.82, 2.24) is 4.90 Å². The molecule has 2 rings (SSSR count). The van der Waals surface area contributed by atoms with Gasteiger partial charge in [-0.3, -0.25) is 4.79 Å². The molecule has 0 saturated carbocycles. The third-order valence-electron chi connectivity index (χ3n) is 2.73. The monoisotopic (exact) mass is 235 g/mol. The van der Waals surface area contributed by atoms with Crippen LogP contribution < -0.4 is 4.74 Å². The lowest BCUT2D eigenvalue weighted by Gasteiger charge is -2.19. The van der Waals surface area contributed by atoms with Gasteiger partial charge in [0.05, 0.1) is 6.54 Å². The molecule has 0 bridgehead atoms. The van der Waals surface area contributed by atoms with E-state index in [0.29, 0.717) is 26.3 Å². The van der Waals surface area contributed by atoms with Crippen molar-refractivity contribution in [1.29, 1.82) is 0 Å². The number of carbonyl (C=O) groups is 1. The van der Waals surface area contributed by atoms with Crippen LogP contribution in [0.1, 0.15) is 12.5 Å². The maximum absolute atomic E-state index is 11.9. The van der Waals surface area contributed by atoms with Crippen molar-refractivity contribution in [3.63, 3.8) is 0 Å². The van der Waals surface area contributed by atoms with E-state index in [4.69, 9.17) is 9.47 Å². The molecule has 0 radical (unpaired) electrons. The van der Waals surface area contributed by atoms with Crippen LogP contribution in [0.25, 0.3) is 0 Å². The third-order valence-corrected chi connectivity index (χ3v) is 2.73. The highest BCUT2D eigenvalue weighted by Gasteiger charge is 2.19. The minimum Gasteiger partial charge on any atom is -0.491 e. The molecule has 0 fully saturated rings. The second-order valence-electron chi connectivity index (χ2n) is 3.91. The van der Waals surface area contributed by atoms with E-state index in [-0.39, 0.29) is 12.5 Å². The zero-order valence-electron chi connectivity index (χ0n) is 10.0. The molecule has 0 aromatic heterocycles. The van der Waals surface area contributed by atoms with Crippen LogP contribution in [0.2, 0.25) is 0 Å². The Labute approximate surface area is 101 Å². The highest BCUT2D eigenvalue weighted by molar-refractivity contribution is 5.77. The van der Waals surface area contributed by atoms with Crippen molar-refractivity contribution in [3.8, 4) is 5.75 Å². The Morgan fingerprint density at radius 3 is 3.12 bits per heavy atom. The van der Waals surface area contributed by atoms with Gasteiger partial charge >= 0.3 is 0 Å². The highest BCUT2D eigenvalue weighted by atomic mass is 16.5. The Morgan fingerprint density at radius 1 is 1.47 bits per heavy atom. The molecule has 1 aromatic rings. The minimum atomic E-state index is 0.0205. The largest absolute Gasteiger partial charge is 0.491 e. The number of amides is 1. The second-order valence-corrected chi connectivity index (χ2v) is 3.91. The van der Waals surface area contributed by atoms with E-state index in [1.165, 1.54) is 0 Å². The van der Waals surface area contributed by atoms with Gasteiger partial charge in [0, 0.05) is 18.7 Å². The van der Waals surface area contributed by atoms with Gasteiger partial charge in [-0.2, -0.15) is 0 Å². The molecule has 4 nitrogen and oxygen atoms in total. The first-order valence-corrected chi connectivity index (χ1v) is 5.87. The molecule has 1 aliphatic heterocycles. The maximum Gasteiger partial charge on any atom is 0.248 e. The quantitative estimate of drug-likeness (QED) is 0.796. The molecule has 1 amide bonds. The number of benzene rings is 1. The highest BCUT2D eigenvalue weighted by Crippen LogP contribution is 2.22. The van der Waals surface area contributed by atoms with Crippen molar-refractivity contribution in [2.45, 2.75) is 13.5 Å². The van der Waals surface area contributed by atoms with Crippen molar-refractivity contribution < 1.29 is 14.3 Å². The van der Waals surface area contributed by atoms with E-state index in [1.54, 1.807) is 4.90 Å². The molecule has 0 N–H and O–H groups in total. The summed E-state index contributed by atoms with van der Waals surface area (Å²) in [6, 6.07) is 7.82. The predicted octanol–water partition coefficient (Wildman–Crippen LogP) is 1.44. The van der Waals surface area contributed by atoms with Gasteiger partial charge in [-0.25, -0.2) is 0 Å². The average molecular weight is 235 g/mol. The number of para-hydroxylation sites is 1. The summed E-state index contributed by atoms with van der Waals surface area (Å²) in [5.41, 5.74) is 1.05. The van der Waals surface area contributed by atoms with Crippen LogP contribution in [0.3, 0.4) is 0 Å². The number of ether oxygens (including phenoxy) is 2. The molecule has 1 heterocycles. The van der Waals surface area contributed by atoms with E-state index >= 15 is 0 Å². The van der Waals surface area contributed by atoms with Gasteiger partial charge in [-0.05, 0) is 13.0 Å². The summed E-state index contributed by atoms with van der Waals surface area (Å²) in [4.78, 5) is 13.6. The fraction of sp³-hybridized carbons (Fsp3) is 0.462.